The summed E-state index contributed by atoms with van der Waals surface area (Å²) in [4.78, 5) is 11.1. The van der Waals surface area contributed by atoms with Gasteiger partial charge in [-0.2, -0.15) is 0 Å². The highest BCUT2D eigenvalue weighted by atomic mass is 35.5. The van der Waals surface area contributed by atoms with Crippen molar-refractivity contribution in [1.29, 1.82) is 0 Å². The van der Waals surface area contributed by atoms with Crippen molar-refractivity contribution in [1.82, 2.24) is 5.16 Å². The largest absolute Gasteiger partial charge is 0.484 e. The normalized spacial score (nSPS) is 10.8. The summed E-state index contributed by atoms with van der Waals surface area (Å²) >= 11 is 11.8. The van der Waals surface area contributed by atoms with E-state index in [0.29, 0.717) is 27.1 Å². The van der Waals surface area contributed by atoms with Crippen molar-refractivity contribution in [2.45, 2.75) is 6.61 Å². The standard InChI is InChI=1S/C17H10Cl2F2N2O3/c18-10-2-1-8(5-11(10)19)14-6-9(23-26-14)7-25-13-4-3-12(20)15(16(13)21)17(22)24/h1-6H,7H2,(H2,22,24). The van der Waals surface area contributed by atoms with Gasteiger partial charge in [0.1, 0.15) is 23.7 Å². The van der Waals surface area contributed by atoms with Crippen LogP contribution in [0.5, 0.6) is 5.75 Å². The van der Waals surface area contributed by atoms with Gasteiger partial charge in [-0.25, -0.2) is 8.78 Å². The molecule has 5 nitrogen and oxygen atoms in total. The second kappa shape index (κ2) is 7.31. The first kappa shape index (κ1) is 18.2. The van der Waals surface area contributed by atoms with E-state index in [-0.39, 0.29) is 12.4 Å². The van der Waals surface area contributed by atoms with Crippen LogP contribution in [0.1, 0.15) is 16.1 Å². The summed E-state index contributed by atoms with van der Waals surface area (Å²) in [5.41, 5.74) is 5.08. The fourth-order valence-electron chi connectivity index (χ4n) is 2.19. The number of halogens is 4. The Kier molecular flexibility index (Phi) is 5.11. The molecular weight excluding hydrogens is 389 g/mol. The first-order valence-electron chi connectivity index (χ1n) is 7.18. The highest BCUT2D eigenvalue weighted by Crippen LogP contribution is 2.29. The summed E-state index contributed by atoms with van der Waals surface area (Å²) < 4.78 is 38.0. The van der Waals surface area contributed by atoms with Crippen LogP contribution >= 0.6 is 23.2 Å². The average molecular weight is 399 g/mol. The molecule has 0 unspecified atom stereocenters. The Morgan fingerprint density at radius 1 is 1.15 bits per heavy atom. The molecule has 0 bridgehead atoms. The predicted molar refractivity (Wildman–Crippen MR) is 91.2 cm³/mol. The van der Waals surface area contributed by atoms with Gasteiger partial charge in [0, 0.05) is 11.6 Å². The number of ether oxygens (including phenoxy) is 1. The van der Waals surface area contributed by atoms with E-state index < -0.39 is 23.1 Å². The molecule has 134 valence electrons. The van der Waals surface area contributed by atoms with Crippen LogP contribution in [0.25, 0.3) is 11.3 Å². The fourth-order valence-corrected chi connectivity index (χ4v) is 2.49. The third-order valence-corrected chi connectivity index (χ3v) is 4.18. The predicted octanol–water partition coefficient (Wildman–Crippen LogP) is 4.60. The molecule has 1 heterocycles. The van der Waals surface area contributed by atoms with Crippen molar-refractivity contribution in [3.05, 3.63) is 69.3 Å². The number of hydrogen-bond donors (Lipinski definition) is 1. The molecule has 0 aliphatic carbocycles. The topological polar surface area (TPSA) is 78.4 Å². The van der Waals surface area contributed by atoms with Crippen LogP contribution in [0.4, 0.5) is 8.78 Å². The van der Waals surface area contributed by atoms with Crippen LogP contribution in [-0.2, 0) is 6.61 Å². The number of aromatic nitrogens is 1. The van der Waals surface area contributed by atoms with E-state index in [1.54, 1.807) is 24.3 Å². The second-order valence-electron chi connectivity index (χ2n) is 5.20. The van der Waals surface area contributed by atoms with Gasteiger partial charge >= 0.3 is 0 Å². The minimum atomic E-state index is -1.23. The molecule has 2 aromatic carbocycles. The van der Waals surface area contributed by atoms with Gasteiger partial charge in [0.05, 0.1) is 10.0 Å². The molecule has 2 N–H and O–H groups in total. The third kappa shape index (κ3) is 3.63. The molecule has 3 aromatic rings. The zero-order chi connectivity index (χ0) is 18.8. The zero-order valence-electron chi connectivity index (χ0n) is 12.9. The number of carbonyl (C=O) groups is 1. The van der Waals surface area contributed by atoms with Crippen LogP contribution < -0.4 is 10.5 Å². The van der Waals surface area contributed by atoms with Gasteiger partial charge < -0.3 is 15.0 Å². The molecule has 0 fully saturated rings. The summed E-state index contributed by atoms with van der Waals surface area (Å²) in [6.07, 6.45) is 0. The Hall–Kier alpha value is -2.64. The van der Waals surface area contributed by atoms with Crippen molar-refractivity contribution in [3.63, 3.8) is 0 Å². The molecule has 26 heavy (non-hydrogen) atoms. The molecule has 0 atom stereocenters. The molecule has 1 amide bonds. The molecule has 9 heteroatoms. The first-order chi connectivity index (χ1) is 12.4. The quantitative estimate of drug-likeness (QED) is 0.680. The Morgan fingerprint density at radius 3 is 2.62 bits per heavy atom. The average Bonchev–Trinajstić information content (AvgIpc) is 3.05. The number of benzene rings is 2. The van der Waals surface area contributed by atoms with Gasteiger partial charge in [-0.05, 0) is 30.3 Å². The maximum Gasteiger partial charge on any atom is 0.254 e. The summed E-state index contributed by atoms with van der Waals surface area (Å²) in [5.74, 6) is -3.40. The highest BCUT2D eigenvalue weighted by molar-refractivity contribution is 6.42. The molecule has 1 aromatic heterocycles. The summed E-state index contributed by atoms with van der Waals surface area (Å²) in [6, 6.07) is 8.42. The fraction of sp³-hybridized carbons (Fsp3) is 0.0588. The second-order valence-corrected chi connectivity index (χ2v) is 6.01. The Balaban J connectivity index is 1.77. The summed E-state index contributed by atoms with van der Waals surface area (Å²) in [6.45, 7) is -0.175. The molecule has 0 saturated heterocycles. The Labute approximate surface area is 156 Å². The lowest BCUT2D eigenvalue weighted by Crippen LogP contribution is -2.16. The van der Waals surface area contributed by atoms with E-state index in [4.69, 9.17) is 38.2 Å². The van der Waals surface area contributed by atoms with E-state index in [2.05, 4.69) is 5.16 Å². The monoisotopic (exact) mass is 398 g/mol. The number of nitrogens with zero attached hydrogens (tertiary/aromatic N) is 1. The van der Waals surface area contributed by atoms with Crippen molar-refractivity contribution in [2.75, 3.05) is 0 Å². The molecule has 0 radical (unpaired) electrons. The number of nitrogens with two attached hydrogens (primary N) is 1. The number of primary amides is 1. The number of carbonyl (C=O) groups excluding carboxylic acids is 1. The van der Waals surface area contributed by atoms with Crippen molar-refractivity contribution >= 4 is 29.1 Å². The maximum atomic E-state index is 14.1. The lowest BCUT2D eigenvalue weighted by atomic mass is 10.1. The van der Waals surface area contributed by atoms with Gasteiger partial charge in [0.15, 0.2) is 17.3 Å². The number of hydrogen-bond acceptors (Lipinski definition) is 4. The number of rotatable bonds is 5. The van der Waals surface area contributed by atoms with Crippen LogP contribution in [0, 0.1) is 11.6 Å². The molecule has 0 aliphatic heterocycles. The van der Waals surface area contributed by atoms with E-state index in [0.717, 1.165) is 12.1 Å². The van der Waals surface area contributed by atoms with E-state index >= 15 is 0 Å². The smallest absolute Gasteiger partial charge is 0.254 e. The Bertz CT molecular complexity index is 992. The summed E-state index contributed by atoms with van der Waals surface area (Å²) in [5, 5.41) is 4.55. The van der Waals surface area contributed by atoms with E-state index in [1.807, 2.05) is 0 Å². The molecule has 3 rings (SSSR count). The molecule has 0 aliphatic rings. The highest BCUT2D eigenvalue weighted by Gasteiger charge is 2.19. The minimum absolute atomic E-state index is 0.175. The van der Waals surface area contributed by atoms with Gasteiger partial charge in [-0.1, -0.05) is 28.4 Å². The molecular formula is C17H10Cl2F2N2O3. The summed E-state index contributed by atoms with van der Waals surface area (Å²) in [7, 11) is 0. The lowest BCUT2D eigenvalue weighted by molar-refractivity contribution is 0.0991. The molecule has 0 saturated carbocycles. The lowest BCUT2D eigenvalue weighted by Gasteiger charge is -2.08. The van der Waals surface area contributed by atoms with Gasteiger partial charge in [-0.3, -0.25) is 4.79 Å². The van der Waals surface area contributed by atoms with Crippen molar-refractivity contribution in [3.8, 4) is 17.1 Å². The van der Waals surface area contributed by atoms with Crippen LogP contribution in [0.3, 0.4) is 0 Å². The van der Waals surface area contributed by atoms with Crippen LogP contribution in [0.2, 0.25) is 10.0 Å². The van der Waals surface area contributed by atoms with Gasteiger partial charge in [-0.15, -0.1) is 0 Å². The maximum absolute atomic E-state index is 14.1. The molecule has 0 spiro atoms. The van der Waals surface area contributed by atoms with Crippen molar-refractivity contribution in [2.24, 2.45) is 5.73 Å². The van der Waals surface area contributed by atoms with Crippen LogP contribution in [0.15, 0.2) is 40.9 Å². The Morgan fingerprint density at radius 2 is 1.92 bits per heavy atom. The number of amides is 1. The minimum Gasteiger partial charge on any atom is -0.484 e. The van der Waals surface area contributed by atoms with E-state index in [1.165, 1.54) is 0 Å². The first-order valence-corrected chi connectivity index (χ1v) is 7.94. The van der Waals surface area contributed by atoms with Crippen LogP contribution in [-0.4, -0.2) is 11.1 Å². The van der Waals surface area contributed by atoms with Crippen molar-refractivity contribution < 1.29 is 22.8 Å². The SMILES string of the molecule is NC(=O)c1c(F)ccc(OCc2cc(-c3ccc(Cl)c(Cl)c3)on2)c1F. The van der Waals surface area contributed by atoms with Gasteiger partial charge in [0.2, 0.25) is 0 Å². The van der Waals surface area contributed by atoms with E-state index in [9.17, 15) is 13.6 Å². The van der Waals surface area contributed by atoms with Gasteiger partial charge in [0.25, 0.3) is 5.91 Å². The zero-order valence-corrected chi connectivity index (χ0v) is 14.4. The third-order valence-electron chi connectivity index (χ3n) is 3.44.